The SMILES string of the molecule is Nc1ccn([C@@H]2O[C@H](CO)[C@@H](OP(=O)(O)O)[C@H]2NC(=O)CCCCNC(=O)CCCC[C@@H]2SC[C@@H]3NC(=O)N[C@@H]32)c(=O)n1. The second-order valence-corrected chi connectivity index (χ2v) is 13.1. The number of nitrogens with zero attached hydrogens (tertiary/aromatic N) is 2. The Morgan fingerprint density at radius 1 is 1.19 bits per heavy atom. The standard InChI is InChI=1S/C24H38N7O10PS/c25-16-8-10-31(24(36)28-16)22-20(21(14(11-32)40-22)41-42(37,38)39)29-18(34)7-3-4-9-26-17(33)6-2-1-5-15-19-13(12-43-15)27-23(35)30-19/h8,10,13-15,19-22,32H,1-7,9,11-12H2,(H,26,33)(H,29,34)(H2,25,28,36)(H2,27,30,35)(H2,37,38,39)/t13-,14+,15-,19-,20+,21+,22+/m0/s1. The molecular formula is C24H38N7O10PS. The first-order valence-corrected chi connectivity index (χ1v) is 16.6. The molecule has 9 N–H and O–H groups in total. The van der Waals surface area contributed by atoms with Gasteiger partial charge in [0.2, 0.25) is 11.8 Å². The van der Waals surface area contributed by atoms with E-state index >= 15 is 0 Å². The number of carbonyl (C=O) groups is 3. The molecule has 0 aromatic carbocycles. The molecule has 0 saturated carbocycles. The molecule has 0 bridgehead atoms. The van der Waals surface area contributed by atoms with Crippen LogP contribution in [0, 0.1) is 0 Å². The van der Waals surface area contributed by atoms with E-state index in [4.69, 9.17) is 15.0 Å². The molecule has 3 saturated heterocycles. The molecule has 43 heavy (non-hydrogen) atoms. The molecule has 0 spiro atoms. The molecule has 1 aromatic rings. The van der Waals surface area contributed by atoms with Gasteiger partial charge in [-0.1, -0.05) is 6.42 Å². The molecule has 4 amide bonds. The minimum absolute atomic E-state index is 0.00696. The Morgan fingerprint density at radius 3 is 2.65 bits per heavy atom. The topological polar surface area (TPSA) is 256 Å². The predicted molar refractivity (Wildman–Crippen MR) is 154 cm³/mol. The van der Waals surface area contributed by atoms with Crippen molar-refractivity contribution in [2.24, 2.45) is 0 Å². The van der Waals surface area contributed by atoms with Crippen molar-refractivity contribution in [1.82, 2.24) is 30.8 Å². The number of unbranched alkanes of at least 4 members (excludes halogenated alkanes) is 2. The van der Waals surface area contributed by atoms with Crippen molar-refractivity contribution in [3.63, 3.8) is 0 Å². The highest BCUT2D eigenvalue weighted by Crippen LogP contribution is 2.43. The Balaban J connectivity index is 1.18. The van der Waals surface area contributed by atoms with Gasteiger partial charge in [0.25, 0.3) is 0 Å². The number of hydrogen-bond acceptors (Lipinski definition) is 11. The summed E-state index contributed by atoms with van der Waals surface area (Å²) in [6, 6.07) is 0.262. The van der Waals surface area contributed by atoms with Gasteiger partial charge in [-0.2, -0.15) is 16.7 Å². The summed E-state index contributed by atoms with van der Waals surface area (Å²) >= 11 is 1.84. The number of urea groups is 1. The van der Waals surface area contributed by atoms with Crippen LogP contribution < -0.4 is 32.7 Å². The summed E-state index contributed by atoms with van der Waals surface area (Å²) in [5.74, 6) is 0.234. The molecule has 4 rings (SSSR count). The zero-order valence-electron chi connectivity index (χ0n) is 23.3. The van der Waals surface area contributed by atoms with Crippen LogP contribution in [0.4, 0.5) is 10.6 Å². The fourth-order valence-electron chi connectivity index (χ4n) is 5.44. The second kappa shape index (κ2) is 14.8. The van der Waals surface area contributed by atoms with Gasteiger partial charge < -0.3 is 46.6 Å². The van der Waals surface area contributed by atoms with Crippen molar-refractivity contribution < 1.29 is 43.1 Å². The maximum atomic E-state index is 12.8. The van der Waals surface area contributed by atoms with E-state index in [1.807, 2.05) is 11.8 Å². The van der Waals surface area contributed by atoms with E-state index in [0.717, 1.165) is 29.6 Å². The van der Waals surface area contributed by atoms with E-state index < -0.39 is 50.5 Å². The summed E-state index contributed by atoms with van der Waals surface area (Å²) in [5, 5.41) is 21.4. The van der Waals surface area contributed by atoms with Gasteiger partial charge >= 0.3 is 19.5 Å². The Bertz CT molecular complexity index is 1270. The Hall–Kier alpha value is -2.73. The number of aliphatic hydroxyl groups is 1. The Morgan fingerprint density at radius 2 is 1.93 bits per heavy atom. The van der Waals surface area contributed by atoms with E-state index in [1.165, 1.54) is 12.3 Å². The van der Waals surface area contributed by atoms with Gasteiger partial charge in [0.1, 0.15) is 24.1 Å². The number of amides is 4. The summed E-state index contributed by atoms with van der Waals surface area (Å²) in [6.45, 7) is -0.342. The normalized spacial score (nSPS) is 28.3. The maximum absolute atomic E-state index is 12.8. The number of aliphatic hydroxyl groups excluding tert-OH is 1. The molecule has 0 unspecified atom stereocenters. The number of carbonyl (C=O) groups excluding carboxylic acids is 3. The Kier molecular flexibility index (Phi) is 11.4. The highest BCUT2D eigenvalue weighted by molar-refractivity contribution is 8.00. The highest BCUT2D eigenvalue weighted by Gasteiger charge is 2.49. The molecule has 17 nitrogen and oxygen atoms in total. The lowest BCUT2D eigenvalue weighted by atomic mass is 10.0. The fourth-order valence-corrected chi connectivity index (χ4v) is 7.57. The number of anilines is 1. The number of aromatic nitrogens is 2. The van der Waals surface area contributed by atoms with Crippen LogP contribution in [0.3, 0.4) is 0 Å². The summed E-state index contributed by atoms with van der Waals surface area (Å²) in [4.78, 5) is 71.2. The third kappa shape index (κ3) is 9.14. The average molecular weight is 648 g/mol. The van der Waals surface area contributed by atoms with Crippen LogP contribution in [0.15, 0.2) is 17.1 Å². The number of hydrogen-bond donors (Lipinski definition) is 8. The number of ether oxygens (including phenoxy) is 1. The van der Waals surface area contributed by atoms with Crippen LogP contribution in [0.5, 0.6) is 0 Å². The summed E-state index contributed by atoms with van der Waals surface area (Å²) in [5.41, 5.74) is 4.70. The van der Waals surface area contributed by atoms with Crippen molar-refractivity contribution >= 4 is 43.2 Å². The third-order valence-corrected chi connectivity index (χ3v) is 9.49. The summed E-state index contributed by atoms with van der Waals surface area (Å²) in [6.07, 6.45) is 1.02. The number of nitrogen functional groups attached to an aromatic ring is 1. The molecule has 4 heterocycles. The molecule has 7 atom stereocenters. The molecule has 1 aromatic heterocycles. The molecule has 240 valence electrons. The van der Waals surface area contributed by atoms with Gasteiger partial charge in [-0.05, 0) is 31.7 Å². The summed E-state index contributed by atoms with van der Waals surface area (Å²) < 4.78 is 23.0. The van der Waals surface area contributed by atoms with E-state index in [9.17, 15) is 38.6 Å². The monoisotopic (exact) mass is 647 g/mol. The van der Waals surface area contributed by atoms with Crippen molar-refractivity contribution in [3.05, 3.63) is 22.7 Å². The van der Waals surface area contributed by atoms with Gasteiger partial charge in [-0.15, -0.1) is 0 Å². The molecule has 0 aliphatic carbocycles. The largest absolute Gasteiger partial charge is 0.470 e. The smallest absolute Gasteiger partial charge is 0.394 e. The van der Waals surface area contributed by atoms with Crippen molar-refractivity contribution in [3.8, 4) is 0 Å². The van der Waals surface area contributed by atoms with Gasteiger partial charge in [0.15, 0.2) is 6.23 Å². The van der Waals surface area contributed by atoms with E-state index in [0.29, 0.717) is 31.1 Å². The minimum atomic E-state index is -5.07. The fraction of sp³-hybridized carbons (Fsp3) is 0.708. The molecule has 0 radical (unpaired) electrons. The number of fused-ring (bicyclic) bond motifs is 1. The van der Waals surface area contributed by atoms with E-state index in [2.05, 4.69) is 26.3 Å². The third-order valence-electron chi connectivity index (χ3n) is 7.47. The quantitative estimate of drug-likeness (QED) is 0.0626. The maximum Gasteiger partial charge on any atom is 0.470 e. The number of thioether (sulfide) groups is 1. The lowest BCUT2D eigenvalue weighted by Crippen LogP contribution is -2.49. The zero-order valence-corrected chi connectivity index (χ0v) is 25.0. The minimum Gasteiger partial charge on any atom is -0.394 e. The summed E-state index contributed by atoms with van der Waals surface area (Å²) in [7, 11) is -5.07. The van der Waals surface area contributed by atoms with Crippen LogP contribution in [0.2, 0.25) is 0 Å². The highest BCUT2D eigenvalue weighted by atomic mass is 32.2. The number of nitrogens with two attached hydrogens (primary N) is 1. The number of phosphoric acid groups is 1. The number of rotatable bonds is 15. The van der Waals surface area contributed by atoms with E-state index in [-0.39, 0.29) is 36.3 Å². The molecular weight excluding hydrogens is 609 g/mol. The van der Waals surface area contributed by atoms with Crippen LogP contribution in [0.1, 0.15) is 51.2 Å². The van der Waals surface area contributed by atoms with Gasteiger partial charge in [0, 0.05) is 36.6 Å². The molecule has 3 aliphatic heterocycles. The van der Waals surface area contributed by atoms with Gasteiger partial charge in [-0.3, -0.25) is 18.7 Å². The van der Waals surface area contributed by atoms with Crippen LogP contribution in [-0.2, 0) is 23.4 Å². The molecule has 3 aliphatic rings. The van der Waals surface area contributed by atoms with Crippen LogP contribution in [0.25, 0.3) is 0 Å². The first-order valence-electron chi connectivity index (χ1n) is 14.0. The predicted octanol–water partition coefficient (Wildman–Crippen LogP) is -1.31. The lowest BCUT2D eigenvalue weighted by molar-refractivity contribution is -0.123. The van der Waals surface area contributed by atoms with Crippen LogP contribution >= 0.6 is 19.6 Å². The van der Waals surface area contributed by atoms with Crippen molar-refractivity contribution in [2.75, 3.05) is 24.6 Å². The Labute approximate surface area is 251 Å². The zero-order chi connectivity index (χ0) is 31.1. The van der Waals surface area contributed by atoms with Gasteiger partial charge in [0.05, 0.1) is 18.7 Å². The van der Waals surface area contributed by atoms with Gasteiger partial charge in [-0.25, -0.2) is 14.2 Å². The van der Waals surface area contributed by atoms with Crippen molar-refractivity contribution in [1.29, 1.82) is 0 Å². The first-order chi connectivity index (χ1) is 20.4. The average Bonchev–Trinajstić information content (AvgIpc) is 3.58. The molecule has 19 heteroatoms. The second-order valence-electron chi connectivity index (χ2n) is 10.6. The lowest BCUT2D eigenvalue weighted by Gasteiger charge is -2.25. The van der Waals surface area contributed by atoms with Crippen LogP contribution in [-0.4, -0.2) is 96.8 Å². The van der Waals surface area contributed by atoms with E-state index in [1.54, 1.807) is 0 Å². The first kappa shape index (κ1) is 33.2. The number of phosphoric ester groups is 1. The van der Waals surface area contributed by atoms with Crippen molar-refractivity contribution in [2.45, 2.75) is 86.8 Å². The molecule has 3 fully saturated rings. The number of nitrogens with one attached hydrogen (secondary N) is 4.